The Bertz CT molecular complexity index is 550. The van der Waals surface area contributed by atoms with Gasteiger partial charge >= 0.3 is 5.97 Å². The summed E-state index contributed by atoms with van der Waals surface area (Å²) in [6, 6.07) is 8.42. The Balaban J connectivity index is 1.91. The number of nitrogens with zero attached hydrogens (tertiary/aromatic N) is 1. The van der Waals surface area contributed by atoms with E-state index in [9.17, 15) is 4.79 Å². The molecule has 2 N–H and O–H groups in total. The highest BCUT2D eigenvalue weighted by atomic mass is 16.7. The zero-order chi connectivity index (χ0) is 13.7. The van der Waals surface area contributed by atoms with Gasteiger partial charge in [0.2, 0.25) is 6.79 Å². The van der Waals surface area contributed by atoms with E-state index in [0.717, 1.165) is 5.56 Å². The molecule has 1 heterocycles. The van der Waals surface area contributed by atoms with Crippen molar-refractivity contribution in [3.05, 3.63) is 53.9 Å². The first-order valence-electron chi connectivity index (χ1n) is 5.72. The van der Waals surface area contributed by atoms with Crippen molar-refractivity contribution < 1.29 is 14.3 Å². The van der Waals surface area contributed by atoms with Gasteiger partial charge in [-0.05, 0) is 42.8 Å². The molecule has 0 aliphatic rings. The van der Waals surface area contributed by atoms with Gasteiger partial charge in [-0.3, -0.25) is 4.98 Å². The highest BCUT2D eigenvalue weighted by Gasteiger charge is 2.08. The maximum atomic E-state index is 11.8. The topological polar surface area (TPSA) is 74.4 Å². The summed E-state index contributed by atoms with van der Waals surface area (Å²) in [4.78, 5) is 15.6. The van der Waals surface area contributed by atoms with E-state index >= 15 is 0 Å². The third kappa shape index (κ3) is 3.70. The number of aromatic nitrogens is 1. The first-order chi connectivity index (χ1) is 9.15. The molecule has 0 radical (unpaired) electrons. The predicted molar refractivity (Wildman–Crippen MR) is 70.7 cm³/mol. The zero-order valence-electron chi connectivity index (χ0n) is 10.5. The van der Waals surface area contributed by atoms with Crippen LogP contribution < -0.4 is 10.5 Å². The van der Waals surface area contributed by atoms with Crippen molar-refractivity contribution in [2.45, 2.75) is 6.92 Å². The number of carbonyl (C=O) groups is 1. The number of pyridine rings is 1. The molecule has 2 aromatic rings. The highest BCUT2D eigenvalue weighted by molar-refractivity contribution is 5.90. The van der Waals surface area contributed by atoms with Crippen LogP contribution in [0.2, 0.25) is 0 Å². The molecule has 0 bridgehead atoms. The van der Waals surface area contributed by atoms with Crippen molar-refractivity contribution in [3.8, 4) is 5.75 Å². The van der Waals surface area contributed by atoms with Gasteiger partial charge in [-0.1, -0.05) is 0 Å². The van der Waals surface area contributed by atoms with Crippen LogP contribution in [0.3, 0.4) is 0 Å². The van der Waals surface area contributed by atoms with Gasteiger partial charge in [-0.25, -0.2) is 4.79 Å². The van der Waals surface area contributed by atoms with E-state index in [1.54, 1.807) is 42.7 Å². The number of hydrogen-bond acceptors (Lipinski definition) is 5. The van der Waals surface area contributed by atoms with E-state index in [2.05, 4.69) is 4.98 Å². The minimum Gasteiger partial charge on any atom is -0.457 e. The predicted octanol–water partition coefficient (Wildman–Crippen LogP) is 2.17. The van der Waals surface area contributed by atoms with E-state index in [1.807, 2.05) is 6.92 Å². The number of aryl methyl sites for hydroxylation is 1. The molecule has 5 heteroatoms. The molecule has 0 atom stereocenters. The molecule has 1 aromatic heterocycles. The maximum absolute atomic E-state index is 11.8. The zero-order valence-corrected chi connectivity index (χ0v) is 10.5. The van der Waals surface area contributed by atoms with Crippen LogP contribution in [0.15, 0.2) is 42.7 Å². The Morgan fingerprint density at radius 2 is 2.00 bits per heavy atom. The van der Waals surface area contributed by atoms with Gasteiger partial charge < -0.3 is 15.2 Å². The minimum absolute atomic E-state index is 0.156. The summed E-state index contributed by atoms with van der Waals surface area (Å²) in [5, 5.41) is 0. The number of rotatable bonds is 4. The van der Waals surface area contributed by atoms with Gasteiger partial charge in [0.25, 0.3) is 0 Å². The number of benzene rings is 1. The number of carbonyl (C=O) groups excluding carboxylic acids is 1. The molecule has 98 valence electrons. The summed E-state index contributed by atoms with van der Waals surface area (Å²) in [7, 11) is 0. The molecule has 0 saturated carbocycles. The molecule has 0 spiro atoms. The largest absolute Gasteiger partial charge is 0.457 e. The fraction of sp³-hybridized carbons (Fsp3) is 0.143. The molecule has 2 rings (SSSR count). The summed E-state index contributed by atoms with van der Waals surface area (Å²) >= 11 is 0. The minimum atomic E-state index is -0.468. The summed E-state index contributed by atoms with van der Waals surface area (Å²) in [6.45, 7) is 1.71. The average molecular weight is 258 g/mol. The van der Waals surface area contributed by atoms with E-state index < -0.39 is 5.97 Å². The fourth-order valence-corrected chi connectivity index (χ4v) is 1.60. The lowest BCUT2D eigenvalue weighted by Crippen LogP contribution is -2.11. The first kappa shape index (κ1) is 12.9. The Morgan fingerprint density at radius 3 is 2.68 bits per heavy atom. The Kier molecular flexibility index (Phi) is 3.97. The number of ether oxygens (including phenoxy) is 2. The van der Waals surface area contributed by atoms with Gasteiger partial charge in [-0.15, -0.1) is 0 Å². The van der Waals surface area contributed by atoms with E-state index in [4.69, 9.17) is 15.2 Å². The van der Waals surface area contributed by atoms with Crippen LogP contribution >= 0.6 is 0 Å². The molecule has 0 saturated heterocycles. The Hall–Kier alpha value is -2.56. The van der Waals surface area contributed by atoms with Crippen LogP contribution in [0.4, 0.5) is 5.69 Å². The van der Waals surface area contributed by atoms with Crippen LogP contribution in [-0.4, -0.2) is 17.7 Å². The van der Waals surface area contributed by atoms with E-state index in [0.29, 0.717) is 17.0 Å². The van der Waals surface area contributed by atoms with Crippen LogP contribution in [0.25, 0.3) is 0 Å². The second-order valence-electron chi connectivity index (χ2n) is 4.01. The number of hydrogen-bond donors (Lipinski definition) is 1. The smallest absolute Gasteiger partial charge is 0.341 e. The molecule has 5 nitrogen and oxygen atoms in total. The van der Waals surface area contributed by atoms with Gasteiger partial charge in [0.15, 0.2) is 0 Å². The van der Waals surface area contributed by atoms with Gasteiger partial charge in [0, 0.05) is 18.1 Å². The standard InChI is InChI=1S/C14H14N2O3/c1-10-6-11(8-12(15)7-10)14(17)19-9-18-13-2-4-16-5-3-13/h2-8H,9,15H2,1H3. The molecule has 1 aromatic carbocycles. The molecule has 0 amide bonds. The van der Waals surface area contributed by atoms with Crippen molar-refractivity contribution in [2.24, 2.45) is 0 Å². The quantitative estimate of drug-likeness (QED) is 0.516. The number of esters is 1. The molecular weight excluding hydrogens is 244 g/mol. The molecule has 0 aliphatic heterocycles. The summed E-state index contributed by atoms with van der Waals surface area (Å²) in [5.74, 6) is 0.121. The van der Waals surface area contributed by atoms with E-state index in [-0.39, 0.29) is 6.79 Å². The SMILES string of the molecule is Cc1cc(N)cc(C(=O)OCOc2ccncc2)c1. The number of nitrogens with two attached hydrogens (primary N) is 1. The lowest BCUT2D eigenvalue weighted by molar-refractivity contribution is 0.0154. The highest BCUT2D eigenvalue weighted by Crippen LogP contribution is 2.13. The van der Waals surface area contributed by atoms with Crippen molar-refractivity contribution in [3.63, 3.8) is 0 Å². The average Bonchev–Trinajstić information content (AvgIpc) is 2.38. The molecule has 0 aliphatic carbocycles. The van der Waals surface area contributed by atoms with Crippen LogP contribution in [0.5, 0.6) is 5.75 Å². The van der Waals surface area contributed by atoms with Crippen molar-refractivity contribution in [2.75, 3.05) is 12.5 Å². The Labute approximate surface area is 111 Å². The maximum Gasteiger partial charge on any atom is 0.341 e. The van der Waals surface area contributed by atoms with Crippen LogP contribution in [0, 0.1) is 6.92 Å². The third-order valence-electron chi connectivity index (χ3n) is 2.40. The third-order valence-corrected chi connectivity index (χ3v) is 2.40. The normalized spacial score (nSPS) is 9.95. The second-order valence-corrected chi connectivity index (χ2v) is 4.01. The second kappa shape index (κ2) is 5.86. The lowest BCUT2D eigenvalue weighted by atomic mass is 10.1. The fourth-order valence-electron chi connectivity index (χ4n) is 1.60. The first-order valence-corrected chi connectivity index (χ1v) is 5.72. The van der Waals surface area contributed by atoms with Crippen LogP contribution in [-0.2, 0) is 4.74 Å². The van der Waals surface area contributed by atoms with Crippen molar-refractivity contribution in [1.29, 1.82) is 0 Å². The molecular formula is C14H14N2O3. The molecule has 19 heavy (non-hydrogen) atoms. The van der Waals surface area contributed by atoms with Crippen molar-refractivity contribution in [1.82, 2.24) is 4.98 Å². The molecule has 0 unspecified atom stereocenters. The number of anilines is 1. The summed E-state index contributed by atoms with van der Waals surface area (Å²) in [6.07, 6.45) is 3.19. The Morgan fingerprint density at radius 1 is 1.26 bits per heavy atom. The van der Waals surface area contributed by atoms with Crippen molar-refractivity contribution >= 4 is 11.7 Å². The van der Waals surface area contributed by atoms with Gasteiger partial charge in [-0.2, -0.15) is 0 Å². The lowest BCUT2D eigenvalue weighted by Gasteiger charge is -2.08. The number of nitrogen functional groups attached to an aromatic ring is 1. The summed E-state index contributed by atoms with van der Waals surface area (Å²) in [5.41, 5.74) is 7.52. The van der Waals surface area contributed by atoms with E-state index in [1.165, 1.54) is 0 Å². The van der Waals surface area contributed by atoms with Gasteiger partial charge in [0.1, 0.15) is 5.75 Å². The monoisotopic (exact) mass is 258 g/mol. The summed E-state index contributed by atoms with van der Waals surface area (Å²) < 4.78 is 10.2. The molecule has 0 fully saturated rings. The van der Waals surface area contributed by atoms with Crippen LogP contribution in [0.1, 0.15) is 15.9 Å². The van der Waals surface area contributed by atoms with Gasteiger partial charge in [0.05, 0.1) is 5.56 Å².